The van der Waals surface area contributed by atoms with Crippen molar-refractivity contribution < 1.29 is 55.1 Å². The van der Waals surface area contributed by atoms with Crippen LogP contribution in [0.1, 0.15) is 13.3 Å². The summed E-state index contributed by atoms with van der Waals surface area (Å²) in [4.78, 5) is 0. The van der Waals surface area contributed by atoms with Crippen molar-refractivity contribution in [2.75, 3.05) is 19.8 Å². The lowest BCUT2D eigenvalue weighted by atomic mass is 9.98. The normalized spacial score (nSPS) is 46.6. The third-order valence-corrected chi connectivity index (χ3v) is 4.72. The zero-order valence-corrected chi connectivity index (χ0v) is 14.8. The van der Waals surface area contributed by atoms with Crippen molar-refractivity contribution in [3.05, 3.63) is 0 Å². The van der Waals surface area contributed by atoms with Gasteiger partial charge in [-0.05, 0) is 13.0 Å². The molecule has 2 saturated heterocycles. The lowest BCUT2D eigenvalue weighted by Gasteiger charge is -2.41. The van der Waals surface area contributed by atoms with Crippen LogP contribution in [0.4, 0.5) is 0 Å². The van der Waals surface area contributed by atoms with Crippen LogP contribution in [0.15, 0.2) is 0 Å². The van der Waals surface area contributed by atoms with Crippen molar-refractivity contribution in [2.24, 2.45) is 0 Å². The number of rotatable bonds is 8. The number of aliphatic hydroxyl groups excluding tert-OH is 7. The topological polar surface area (TPSA) is 202 Å². The molecule has 160 valence electrons. The molecule has 0 spiro atoms. The van der Waals surface area contributed by atoms with E-state index in [0.29, 0.717) is 13.0 Å². The van der Waals surface area contributed by atoms with Crippen LogP contribution in [0.3, 0.4) is 0 Å². The molecule has 0 saturated carbocycles. The molecule has 12 heteroatoms. The Labute approximate surface area is 155 Å². The molecule has 0 aromatic heterocycles. The molecule has 0 aliphatic carbocycles. The highest BCUT2D eigenvalue weighted by Crippen LogP contribution is 2.35. The van der Waals surface area contributed by atoms with E-state index in [4.69, 9.17) is 14.2 Å². The average Bonchev–Trinajstić information content (AvgIpc) is 2.92. The smallest absolute Gasteiger partial charge is 0.219 e. The van der Waals surface area contributed by atoms with Crippen molar-refractivity contribution in [2.45, 2.75) is 74.4 Å². The molecule has 0 bridgehead atoms. The molecule has 10 atom stereocenters. The molecule has 27 heavy (non-hydrogen) atoms. The highest BCUT2D eigenvalue weighted by atomic mass is 16.7. The second kappa shape index (κ2) is 9.35. The van der Waals surface area contributed by atoms with Gasteiger partial charge in [0.05, 0.1) is 13.2 Å². The fraction of sp³-hybridized carbons (Fsp3) is 1.00. The molecule has 2 fully saturated rings. The van der Waals surface area contributed by atoms with Gasteiger partial charge < -0.3 is 55.1 Å². The maximum absolute atomic E-state index is 10.3. The maximum Gasteiger partial charge on any atom is 0.219 e. The summed E-state index contributed by atoms with van der Waals surface area (Å²) in [6.07, 6.45) is -13.4. The number of ether oxygens (including phenoxy) is 3. The number of hydrogen-bond donors (Lipinski definition) is 9. The van der Waals surface area contributed by atoms with Crippen LogP contribution >= 0.6 is 0 Å². The van der Waals surface area contributed by atoms with Gasteiger partial charge in [0.1, 0.15) is 49.0 Å². The van der Waals surface area contributed by atoms with E-state index < -0.39 is 74.2 Å². The van der Waals surface area contributed by atoms with Gasteiger partial charge in [-0.25, -0.2) is 0 Å². The van der Waals surface area contributed by atoms with Crippen molar-refractivity contribution in [3.8, 4) is 0 Å². The summed E-state index contributed by atoms with van der Waals surface area (Å²) >= 11 is 0. The average molecular weight is 399 g/mol. The van der Waals surface area contributed by atoms with Crippen LogP contribution in [0.5, 0.6) is 0 Å². The van der Waals surface area contributed by atoms with Gasteiger partial charge in [0.2, 0.25) is 5.79 Å². The lowest BCUT2D eigenvalue weighted by Crippen LogP contribution is -2.61. The third-order valence-electron chi connectivity index (χ3n) is 4.72. The van der Waals surface area contributed by atoms with E-state index >= 15 is 0 Å². The van der Waals surface area contributed by atoms with Crippen LogP contribution in [-0.4, -0.2) is 122 Å². The Bertz CT molecular complexity index is 469. The number of aliphatic hydroxyl groups is 8. The maximum atomic E-state index is 10.3. The van der Waals surface area contributed by atoms with E-state index in [1.54, 1.807) is 0 Å². The molecule has 0 amide bonds. The van der Waals surface area contributed by atoms with Gasteiger partial charge >= 0.3 is 0 Å². The Morgan fingerprint density at radius 1 is 1.11 bits per heavy atom. The predicted molar refractivity (Wildman–Crippen MR) is 85.9 cm³/mol. The van der Waals surface area contributed by atoms with Crippen LogP contribution in [-0.2, 0) is 14.2 Å². The first kappa shape index (κ1) is 22.8. The summed E-state index contributed by atoms with van der Waals surface area (Å²) in [5, 5.41) is 81.7. The molecule has 3 unspecified atom stereocenters. The van der Waals surface area contributed by atoms with Crippen LogP contribution in [0.25, 0.3) is 0 Å². The minimum absolute atomic E-state index is 0.376. The monoisotopic (exact) mass is 399 g/mol. The highest BCUT2D eigenvalue weighted by Gasteiger charge is 2.58. The van der Waals surface area contributed by atoms with Crippen molar-refractivity contribution >= 4 is 0 Å². The standard InChI is InChI=1S/C15H29NO11/c1-2-3-16-13(23)11-10(12(22)15(24,5-18)27-11)26-14-9(21)8(20)7(19)6(4-17)25-14/h6-14,16-24H,2-5H2,1H3/t6?,7-,8+,9-,10-,11?,12+,13-,14?,15-/m1/s1. The Kier molecular flexibility index (Phi) is 7.89. The first-order valence-electron chi connectivity index (χ1n) is 8.76. The summed E-state index contributed by atoms with van der Waals surface area (Å²) in [5.41, 5.74) is 0. The van der Waals surface area contributed by atoms with Gasteiger partial charge in [0.15, 0.2) is 6.29 Å². The molecule has 0 aromatic carbocycles. The van der Waals surface area contributed by atoms with Gasteiger partial charge in [-0.15, -0.1) is 0 Å². The van der Waals surface area contributed by atoms with Crippen LogP contribution < -0.4 is 5.32 Å². The number of nitrogens with one attached hydrogen (secondary N) is 1. The largest absolute Gasteiger partial charge is 0.394 e. The fourth-order valence-electron chi connectivity index (χ4n) is 3.08. The SMILES string of the molecule is CCCN[C@H](O)C1O[C@](O)(CO)[C@@H](O)[C@@H]1OC1OC(CO)[C@@H](O)[C@H](O)[C@H]1O. The van der Waals surface area contributed by atoms with Crippen molar-refractivity contribution in [1.29, 1.82) is 0 Å². The molecular formula is C15H29NO11. The van der Waals surface area contributed by atoms with Crippen molar-refractivity contribution in [1.82, 2.24) is 5.32 Å². The van der Waals surface area contributed by atoms with E-state index in [2.05, 4.69) is 5.32 Å². The molecule has 12 nitrogen and oxygen atoms in total. The van der Waals surface area contributed by atoms with E-state index in [0.717, 1.165) is 0 Å². The van der Waals surface area contributed by atoms with Crippen LogP contribution in [0.2, 0.25) is 0 Å². The Morgan fingerprint density at radius 2 is 1.78 bits per heavy atom. The van der Waals surface area contributed by atoms with Gasteiger partial charge in [-0.3, -0.25) is 5.32 Å². The first-order valence-corrected chi connectivity index (χ1v) is 8.76. The second-order valence-electron chi connectivity index (χ2n) is 6.73. The van der Waals surface area contributed by atoms with Gasteiger partial charge in [-0.2, -0.15) is 0 Å². The predicted octanol–water partition coefficient (Wildman–Crippen LogP) is -5.07. The Morgan fingerprint density at radius 3 is 2.33 bits per heavy atom. The molecule has 2 heterocycles. The van der Waals surface area contributed by atoms with E-state index in [9.17, 15) is 40.9 Å². The highest BCUT2D eigenvalue weighted by molar-refractivity contribution is 5.00. The van der Waals surface area contributed by atoms with E-state index in [-0.39, 0.29) is 0 Å². The van der Waals surface area contributed by atoms with Gasteiger partial charge in [-0.1, -0.05) is 6.92 Å². The molecule has 0 aromatic rings. The molecular weight excluding hydrogens is 370 g/mol. The summed E-state index contributed by atoms with van der Waals surface area (Å²) in [6, 6.07) is 0. The summed E-state index contributed by atoms with van der Waals surface area (Å²) in [6.45, 7) is 0.538. The third kappa shape index (κ3) is 4.58. The molecule has 2 rings (SSSR count). The molecule has 2 aliphatic heterocycles. The minimum Gasteiger partial charge on any atom is -0.394 e. The molecule has 9 N–H and O–H groups in total. The van der Waals surface area contributed by atoms with Gasteiger partial charge in [0, 0.05) is 0 Å². The first-order chi connectivity index (χ1) is 12.7. The number of hydrogen-bond acceptors (Lipinski definition) is 12. The summed E-state index contributed by atoms with van der Waals surface area (Å²) in [7, 11) is 0. The Balaban J connectivity index is 2.18. The zero-order chi connectivity index (χ0) is 20.4. The van der Waals surface area contributed by atoms with E-state index in [1.165, 1.54) is 0 Å². The minimum atomic E-state index is -2.43. The van der Waals surface area contributed by atoms with E-state index in [1.807, 2.05) is 6.92 Å². The second-order valence-corrected chi connectivity index (χ2v) is 6.73. The van der Waals surface area contributed by atoms with Gasteiger partial charge in [0.25, 0.3) is 0 Å². The summed E-state index contributed by atoms with van der Waals surface area (Å²) < 4.78 is 15.8. The molecule has 2 aliphatic rings. The van der Waals surface area contributed by atoms with Crippen molar-refractivity contribution in [3.63, 3.8) is 0 Å². The zero-order valence-electron chi connectivity index (χ0n) is 14.8. The lowest BCUT2D eigenvalue weighted by molar-refractivity contribution is -0.320. The fourth-order valence-corrected chi connectivity index (χ4v) is 3.08. The Hall–Kier alpha value is -0.480. The molecule has 0 radical (unpaired) electrons. The van der Waals surface area contributed by atoms with Crippen LogP contribution in [0, 0.1) is 0 Å². The quantitative estimate of drug-likeness (QED) is 0.176. The summed E-state index contributed by atoms with van der Waals surface area (Å²) in [5.74, 6) is -2.43.